The van der Waals surface area contributed by atoms with E-state index in [4.69, 9.17) is 0 Å². The van der Waals surface area contributed by atoms with Crippen LogP contribution in [0.15, 0.2) is 60.7 Å². The maximum absolute atomic E-state index is 10.8. The van der Waals surface area contributed by atoms with E-state index in [-0.39, 0.29) is 11.2 Å². The number of benzene rings is 2. The Morgan fingerprint density at radius 3 is 2.29 bits per heavy atom. The molecule has 0 bridgehead atoms. The molecular formula is C21H23N5O2. The molecule has 0 saturated carbocycles. The van der Waals surface area contributed by atoms with E-state index in [1.54, 1.807) is 12.1 Å². The van der Waals surface area contributed by atoms with Gasteiger partial charge >= 0.3 is 0 Å². The Morgan fingerprint density at radius 2 is 1.68 bits per heavy atom. The molecule has 2 aromatic carbocycles. The van der Waals surface area contributed by atoms with Crippen LogP contribution < -0.4 is 10.6 Å². The third-order valence-electron chi connectivity index (χ3n) is 3.90. The largest absolute Gasteiger partial charge is 0.366 e. The molecule has 0 unspecified atom stereocenters. The van der Waals surface area contributed by atoms with Crippen molar-refractivity contribution in [3.63, 3.8) is 0 Å². The zero-order valence-corrected chi connectivity index (χ0v) is 16.1. The fourth-order valence-electron chi connectivity index (χ4n) is 2.61. The van der Waals surface area contributed by atoms with Gasteiger partial charge in [-0.25, -0.2) is 4.98 Å². The Hall–Kier alpha value is -3.48. The highest BCUT2D eigenvalue weighted by Gasteiger charge is 2.14. The summed E-state index contributed by atoms with van der Waals surface area (Å²) in [6.07, 6.45) is 0. The fourth-order valence-corrected chi connectivity index (χ4v) is 2.61. The molecule has 0 spiro atoms. The number of non-ortho nitro benzene ring substituents is 1. The van der Waals surface area contributed by atoms with Crippen molar-refractivity contribution >= 4 is 17.5 Å². The molecule has 144 valence electrons. The van der Waals surface area contributed by atoms with Crippen LogP contribution in [0.1, 0.15) is 26.3 Å². The summed E-state index contributed by atoms with van der Waals surface area (Å²) in [7, 11) is 0. The third kappa shape index (κ3) is 5.26. The zero-order valence-electron chi connectivity index (χ0n) is 16.1. The van der Waals surface area contributed by atoms with Crippen LogP contribution in [0.5, 0.6) is 0 Å². The standard InChI is InChI=1S/C21H23N5O2/c1-21(2,3)25-20-23-18(16-7-5-4-6-8-16)13-19(24-20)22-14-15-9-11-17(12-10-15)26(27)28/h4-13H,14H2,1-3H3,(H2,22,23,24,25). The minimum atomic E-state index is -0.405. The van der Waals surface area contributed by atoms with E-state index in [0.29, 0.717) is 18.3 Å². The first kappa shape index (κ1) is 19.3. The number of aromatic nitrogens is 2. The molecule has 28 heavy (non-hydrogen) atoms. The summed E-state index contributed by atoms with van der Waals surface area (Å²) < 4.78 is 0. The molecule has 2 N–H and O–H groups in total. The molecule has 0 aliphatic heterocycles. The van der Waals surface area contributed by atoms with Crippen molar-refractivity contribution in [3.05, 3.63) is 76.3 Å². The van der Waals surface area contributed by atoms with Crippen molar-refractivity contribution in [2.24, 2.45) is 0 Å². The number of hydrogen-bond acceptors (Lipinski definition) is 6. The highest BCUT2D eigenvalue weighted by molar-refractivity contribution is 5.64. The van der Waals surface area contributed by atoms with Gasteiger partial charge in [-0.1, -0.05) is 42.5 Å². The van der Waals surface area contributed by atoms with Gasteiger partial charge < -0.3 is 10.6 Å². The fraction of sp³-hybridized carbons (Fsp3) is 0.238. The van der Waals surface area contributed by atoms with Gasteiger partial charge in [0.05, 0.1) is 10.6 Å². The Bertz CT molecular complexity index is 951. The van der Waals surface area contributed by atoms with Gasteiger partial charge in [0.15, 0.2) is 0 Å². The minimum absolute atomic E-state index is 0.0776. The van der Waals surface area contributed by atoms with Crippen LogP contribution in [-0.2, 0) is 6.54 Å². The second-order valence-corrected chi connectivity index (χ2v) is 7.48. The smallest absolute Gasteiger partial charge is 0.269 e. The summed E-state index contributed by atoms with van der Waals surface area (Å²) in [5.74, 6) is 1.22. The summed E-state index contributed by atoms with van der Waals surface area (Å²) >= 11 is 0. The zero-order chi connectivity index (χ0) is 20.1. The SMILES string of the molecule is CC(C)(C)Nc1nc(NCc2ccc([N+](=O)[O-])cc2)cc(-c2ccccc2)n1. The van der Waals surface area contributed by atoms with Crippen molar-refractivity contribution in [2.45, 2.75) is 32.9 Å². The molecule has 0 aliphatic carbocycles. The number of nitrogens with one attached hydrogen (secondary N) is 2. The number of rotatable bonds is 6. The molecule has 7 nitrogen and oxygen atoms in total. The van der Waals surface area contributed by atoms with Gasteiger partial charge in [-0.05, 0) is 26.3 Å². The van der Waals surface area contributed by atoms with Gasteiger partial charge in [-0.2, -0.15) is 4.98 Å². The third-order valence-corrected chi connectivity index (χ3v) is 3.90. The molecule has 0 fully saturated rings. The Morgan fingerprint density at radius 1 is 1.00 bits per heavy atom. The first-order valence-electron chi connectivity index (χ1n) is 9.00. The van der Waals surface area contributed by atoms with E-state index >= 15 is 0 Å². The molecular weight excluding hydrogens is 354 g/mol. The molecule has 0 saturated heterocycles. The lowest BCUT2D eigenvalue weighted by Gasteiger charge is -2.21. The van der Waals surface area contributed by atoms with Crippen molar-refractivity contribution in [2.75, 3.05) is 10.6 Å². The molecule has 7 heteroatoms. The summed E-state index contributed by atoms with van der Waals surface area (Å²) in [5.41, 5.74) is 2.64. The van der Waals surface area contributed by atoms with Crippen LogP contribution in [0.2, 0.25) is 0 Å². The Balaban J connectivity index is 1.84. The second-order valence-electron chi connectivity index (χ2n) is 7.48. The first-order chi connectivity index (χ1) is 13.3. The van der Waals surface area contributed by atoms with E-state index < -0.39 is 4.92 Å². The van der Waals surface area contributed by atoms with Crippen LogP contribution in [-0.4, -0.2) is 20.4 Å². The maximum Gasteiger partial charge on any atom is 0.269 e. The predicted molar refractivity (Wildman–Crippen MR) is 111 cm³/mol. The van der Waals surface area contributed by atoms with Crippen LogP contribution in [0.4, 0.5) is 17.5 Å². The maximum atomic E-state index is 10.8. The highest BCUT2D eigenvalue weighted by atomic mass is 16.6. The molecule has 0 radical (unpaired) electrons. The Kier molecular flexibility index (Phi) is 5.54. The topological polar surface area (TPSA) is 93.0 Å². The summed E-state index contributed by atoms with van der Waals surface area (Å²) in [5, 5.41) is 17.4. The number of nitro groups is 1. The van der Waals surface area contributed by atoms with Gasteiger partial charge in [0.2, 0.25) is 5.95 Å². The molecule has 3 rings (SSSR count). The van der Waals surface area contributed by atoms with Crippen LogP contribution in [0.25, 0.3) is 11.3 Å². The summed E-state index contributed by atoms with van der Waals surface area (Å²) in [6, 6.07) is 18.3. The quantitative estimate of drug-likeness (QED) is 0.470. The summed E-state index contributed by atoms with van der Waals surface area (Å²) in [4.78, 5) is 19.6. The average molecular weight is 377 g/mol. The number of nitro benzene ring substituents is 1. The lowest BCUT2D eigenvalue weighted by molar-refractivity contribution is -0.384. The lowest BCUT2D eigenvalue weighted by Crippen LogP contribution is -2.27. The van der Waals surface area contributed by atoms with Gasteiger partial charge in [-0.15, -0.1) is 0 Å². The van der Waals surface area contributed by atoms with Gasteiger partial charge in [0.1, 0.15) is 5.82 Å². The Labute approximate surface area is 164 Å². The van der Waals surface area contributed by atoms with Gasteiger partial charge in [0.25, 0.3) is 5.69 Å². The van der Waals surface area contributed by atoms with E-state index in [1.807, 2.05) is 36.4 Å². The van der Waals surface area contributed by atoms with Crippen molar-refractivity contribution in [1.82, 2.24) is 9.97 Å². The number of anilines is 2. The molecule has 0 amide bonds. The van der Waals surface area contributed by atoms with E-state index in [9.17, 15) is 10.1 Å². The summed E-state index contributed by atoms with van der Waals surface area (Å²) in [6.45, 7) is 6.65. The van der Waals surface area contributed by atoms with E-state index in [2.05, 4.69) is 41.4 Å². The first-order valence-corrected chi connectivity index (χ1v) is 9.00. The van der Waals surface area contributed by atoms with Crippen molar-refractivity contribution < 1.29 is 4.92 Å². The molecule has 1 aromatic heterocycles. The molecule has 3 aromatic rings. The second kappa shape index (κ2) is 8.04. The van der Waals surface area contributed by atoms with Crippen LogP contribution >= 0.6 is 0 Å². The van der Waals surface area contributed by atoms with Crippen molar-refractivity contribution in [3.8, 4) is 11.3 Å². The lowest BCUT2D eigenvalue weighted by atomic mass is 10.1. The van der Waals surface area contributed by atoms with E-state index in [0.717, 1.165) is 16.8 Å². The van der Waals surface area contributed by atoms with Gasteiger partial charge in [0, 0.05) is 35.8 Å². The average Bonchev–Trinajstić information content (AvgIpc) is 2.66. The molecule has 0 aliphatic rings. The molecule has 1 heterocycles. The minimum Gasteiger partial charge on any atom is -0.366 e. The number of nitrogens with zero attached hydrogens (tertiary/aromatic N) is 3. The van der Waals surface area contributed by atoms with E-state index in [1.165, 1.54) is 12.1 Å². The van der Waals surface area contributed by atoms with Crippen LogP contribution in [0.3, 0.4) is 0 Å². The van der Waals surface area contributed by atoms with Crippen molar-refractivity contribution in [1.29, 1.82) is 0 Å². The highest BCUT2D eigenvalue weighted by Crippen LogP contribution is 2.23. The monoisotopic (exact) mass is 377 g/mol. The van der Waals surface area contributed by atoms with Crippen LogP contribution in [0, 0.1) is 10.1 Å². The van der Waals surface area contributed by atoms with Gasteiger partial charge in [-0.3, -0.25) is 10.1 Å². The normalized spacial score (nSPS) is 11.1. The molecule has 0 atom stereocenters. The predicted octanol–water partition coefficient (Wildman–Crippen LogP) is 4.87. The number of hydrogen-bond donors (Lipinski definition) is 2.